The molecule has 2 nitrogen and oxygen atoms in total. The average molecular weight is 279 g/mol. The third kappa shape index (κ3) is 3.12. The highest BCUT2D eigenvalue weighted by Gasteiger charge is 2.16. The molecule has 0 amide bonds. The summed E-state index contributed by atoms with van der Waals surface area (Å²) in [6, 6.07) is 3.82. The summed E-state index contributed by atoms with van der Waals surface area (Å²) in [5, 5.41) is 1.20. The maximum atomic E-state index is 6.16. The van der Waals surface area contributed by atoms with E-state index in [1.807, 2.05) is 7.05 Å². The van der Waals surface area contributed by atoms with Gasteiger partial charge in [0.25, 0.3) is 0 Å². The van der Waals surface area contributed by atoms with Crippen molar-refractivity contribution in [1.82, 2.24) is 0 Å². The number of hydrogen-bond donors (Lipinski definition) is 1. The van der Waals surface area contributed by atoms with Gasteiger partial charge in [0, 0.05) is 24.5 Å². The fourth-order valence-corrected chi connectivity index (χ4v) is 2.97. The zero-order valence-electron chi connectivity index (χ0n) is 9.63. The summed E-state index contributed by atoms with van der Waals surface area (Å²) in [6.07, 6.45) is 2.08. The fourth-order valence-electron chi connectivity index (χ4n) is 1.50. The quantitative estimate of drug-likeness (QED) is 0.851. The molecular weight excluding hydrogens is 263 g/mol. The summed E-state index contributed by atoms with van der Waals surface area (Å²) in [5.41, 5.74) is 7.11. The van der Waals surface area contributed by atoms with Gasteiger partial charge in [-0.05, 0) is 25.3 Å². The Morgan fingerprint density at radius 2 is 1.88 bits per heavy atom. The van der Waals surface area contributed by atoms with Crippen molar-refractivity contribution in [1.29, 1.82) is 0 Å². The van der Waals surface area contributed by atoms with E-state index in [0.717, 1.165) is 11.4 Å². The molecule has 0 aromatic heterocycles. The van der Waals surface area contributed by atoms with Gasteiger partial charge < -0.3 is 10.6 Å². The molecule has 1 atom stereocenters. The zero-order chi connectivity index (χ0) is 12.3. The smallest absolute Gasteiger partial charge is 0.0746 e. The van der Waals surface area contributed by atoms with E-state index in [0.29, 0.717) is 21.8 Å². The number of thioether (sulfide) groups is 1. The molecule has 5 heteroatoms. The van der Waals surface area contributed by atoms with E-state index in [1.54, 1.807) is 23.9 Å². The molecule has 90 valence electrons. The van der Waals surface area contributed by atoms with E-state index in [2.05, 4.69) is 18.1 Å². The lowest BCUT2D eigenvalue weighted by Crippen LogP contribution is -2.31. The van der Waals surface area contributed by atoms with Crippen LogP contribution in [0.15, 0.2) is 12.1 Å². The van der Waals surface area contributed by atoms with Crippen LogP contribution in [0.3, 0.4) is 0 Å². The highest BCUT2D eigenvalue weighted by atomic mass is 35.5. The summed E-state index contributed by atoms with van der Waals surface area (Å²) >= 11 is 14.1. The van der Waals surface area contributed by atoms with Crippen molar-refractivity contribution in [2.24, 2.45) is 0 Å². The molecule has 0 saturated carbocycles. The van der Waals surface area contributed by atoms with Crippen molar-refractivity contribution < 1.29 is 0 Å². The third-order valence-electron chi connectivity index (χ3n) is 2.46. The van der Waals surface area contributed by atoms with Gasteiger partial charge in [0.15, 0.2) is 0 Å². The monoisotopic (exact) mass is 278 g/mol. The predicted molar refractivity (Wildman–Crippen MR) is 77.1 cm³/mol. The molecule has 0 bridgehead atoms. The fraction of sp³-hybridized carbons (Fsp3) is 0.455. The number of nitrogen functional groups attached to an aromatic ring is 1. The Morgan fingerprint density at radius 1 is 1.38 bits per heavy atom. The van der Waals surface area contributed by atoms with Gasteiger partial charge in [-0.15, -0.1) is 0 Å². The second-order valence-corrected chi connectivity index (χ2v) is 5.47. The molecule has 0 radical (unpaired) electrons. The number of hydrogen-bond acceptors (Lipinski definition) is 3. The van der Waals surface area contributed by atoms with Gasteiger partial charge in [0.05, 0.1) is 15.7 Å². The standard InChI is InChI=1S/C11H16Cl2N2S/c1-7(6-16-3)15(2)11-9(12)4-8(14)5-10(11)13/h4-5,7H,6,14H2,1-3H3. The lowest BCUT2D eigenvalue weighted by atomic mass is 10.2. The Labute approximate surface area is 111 Å². The molecule has 16 heavy (non-hydrogen) atoms. The number of rotatable bonds is 4. The maximum absolute atomic E-state index is 6.16. The van der Waals surface area contributed by atoms with Gasteiger partial charge in [-0.1, -0.05) is 23.2 Å². The summed E-state index contributed by atoms with van der Waals surface area (Å²) in [4.78, 5) is 2.08. The molecule has 0 aliphatic rings. The second-order valence-electron chi connectivity index (χ2n) is 3.75. The highest BCUT2D eigenvalue weighted by molar-refractivity contribution is 7.98. The second kappa shape index (κ2) is 5.89. The first kappa shape index (κ1) is 13.8. The normalized spacial score (nSPS) is 12.6. The minimum absolute atomic E-state index is 0.369. The van der Waals surface area contributed by atoms with Gasteiger partial charge in [-0.25, -0.2) is 0 Å². The largest absolute Gasteiger partial charge is 0.399 e. The van der Waals surface area contributed by atoms with Crippen molar-refractivity contribution in [3.63, 3.8) is 0 Å². The van der Waals surface area contributed by atoms with Crippen molar-refractivity contribution in [3.05, 3.63) is 22.2 Å². The molecule has 0 saturated heterocycles. The van der Waals surface area contributed by atoms with Crippen LogP contribution in [0, 0.1) is 0 Å². The van der Waals surface area contributed by atoms with Crippen LogP contribution in [0.4, 0.5) is 11.4 Å². The van der Waals surface area contributed by atoms with Crippen LogP contribution in [0.5, 0.6) is 0 Å². The first-order chi connectivity index (χ1) is 7.47. The first-order valence-corrected chi connectivity index (χ1v) is 7.08. The number of nitrogens with two attached hydrogens (primary N) is 1. The van der Waals surface area contributed by atoms with Crippen LogP contribution in [0.1, 0.15) is 6.92 Å². The number of benzene rings is 1. The van der Waals surface area contributed by atoms with Crippen LogP contribution in [-0.2, 0) is 0 Å². The van der Waals surface area contributed by atoms with Crippen LogP contribution < -0.4 is 10.6 Å². The van der Waals surface area contributed by atoms with Gasteiger partial charge in [0.1, 0.15) is 0 Å². The highest BCUT2D eigenvalue weighted by Crippen LogP contribution is 2.36. The number of nitrogens with zero attached hydrogens (tertiary/aromatic N) is 1. The van der Waals surface area contributed by atoms with Gasteiger partial charge in [-0.3, -0.25) is 0 Å². The SMILES string of the molecule is CSCC(C)N(C)c1c(Cl)cc(N)cc1Cl. The lowest BCUT2D eigenvalue weighted by Gasteiger charge is -2.28. The Hall–Kier alpha value is -0.250. The van der Waals surface area contributed by atoms with E-state index in [1.165, 1.54) is 0 Å². The number of halogens is 2. The Bertz CT molecular complexity index is 348. The summed E-state index contributed by atoms with van der Waals surface area (Å²) in [6.45, 7) is 2.14. The molecule has 1 rings (SSSR count). The molecular formula is C11H16Cl2N2S. The Kier molecular flexibility index (Phi) is 5.09. The molecule has 0 heterocycles. The van der Waals surface area contributed by atoms with E-state index in [9.17, 15) is 0 Å². The molecule has 0 aliphatic carbocycles. The molecule has 1 aromatic rings. The zero-order valence-corrected chi connectivity index (χ0v) is 12.0. The van der Waals surface area contributed by atoms with Crippen molar-refractivity contribution in [2.75, 3.05) is 29.7 Å². The third-order valence-corrected chi connectivity index (χ3v) is 3.85. The first-order valence-electron chi connectivity index (χ1n) is 4.93. The van der Waals surface area contributed by atoms with Crippen LogP contribution in [0.2, 0.25) is 10.0 Å². The van der Waals surface area contributed by atoms with Crippen molar-refractivity contribution in [3.8, 4) is 0 Å². The van der Waals surface area contributed by atoms with Gasteiger partial charge in [-0.2, -0.15) is 11.8 Å². The lowest BCUT2D eigenvalue weighted by molar-refractivity contribution is 0.766. The summed E-state index contributed by atoms with van der Waals surface area (Å²) < 4.78 is 0. The van der Waals surface area contributed by atoms with E-state index < -0.39 is 0 Å². The van der Waals surface area contributed by atoms with E-state index in [4.69, 9.17) is 28.9 Å². The summed E-state index contributed by atoms with van der Waals surface area (Å²) in [7, 11) is 1.99. The van der Waals surface area contributed by atoms with E-state index >= 15 is 0 Å². The minimum atomic E-state index is 0.369. The Morgan fingerprint density at radius 3 is 2.31 bits per heavy atom. The van der Waals surface area contributed by atoms with Crippen LogP contribution in [0.25, 0.3) is 0 Å². The Balaban J connectivity index is 3.03. The van der Waals surface area contributed by atoms with Crippen molar-refractivity contribution in [2.45, 2.75) is 13.0 Å². The molecule has 2 N–H and O–H groups in total. The average Bonchev–Trinajstić information content (AvgIpc) is 2.16. The van der Waals surface area contributed by atoms with Crippen molar-refractivity contribution >= 4 is 46.3 Å². The minimum Gasteiger partial charge on any atom is -0.399 e. The number of anilines is 2. The van der Waals surface area contributed by atoms with Crippen LogP contribution >= 0.6 is 35.0 Å². The van der Waals surface area contributed by atoms with Crippen LogP contribution in [-0.4, -0.2) is 25.1 Å². The topological polar surface area (TPSA) is 29.3 Å². The molecule has 1 unspecified atom stereocenters. The van der Waals surface area contributed by atoms with Gasteiger partial charge in [0.2, 0.25) is 0 Å². The maximum Gasteiger partial charge on any atom is 0.0746 e. The molecule has 1 aromatic carbocycles. The molecule has 0 aliphatic heterocycles. The van der Waals surface area contributed by atoms with Gasteiger partial charge >= 0.3 is 0 Å². The molecule has 0 spiro atoms. The van der Waals surface area contributed by atoms with E-state index in [-0.39, 0.29) is 0 Å². The summed E-state index contributed by atoms with van der Waals surface area (Å²) in [5.74, 6) is 1.02. The molecule has 0 fully saturated rings. The predicted octanol–water partition coefficient (Wildman–Crippen LogP) is 3.76.